The second-order valence-corrected chi connectivity index (χ2v) is 7.48. The Bertz CT molecular complexity index is 707. The Morgan fingerprint density at radius 3 is 2.63 bits per heavy atom. The van der Waals surface area contributed by atoms with Crippen molar-refractivity contribution < 1.29 is 43.5 Å². The predicted octanol–water partition coefficient (Wildman–Crippen LogP) is 1.16. The minimum Gasteiger partial charge on any atom is -0.440 e. The number of nitrogens with one attached hydrogen (secondary N) is 1. The van der Waals surface area contributed by atoms with E-state index in [0.29, 0.717) is 6.42 Å². The summed E-state index contributed by atoms with van der Waals surface area (Å²) in [5.74, 6) is -0.635. The molecule has 10 heteroatoms. The molecular weight excluding hydrogens is 401 g/mol. The maximum absolute atomic E-state index is 13.7. The summed E-state index contributed by atoms with van der Waals surface area (Å²) in [7, 11) is 0. The molecule has 0 saturated carbocycles. The summed E-state index contributed by atoms with van der Waals surface area (Å²) in [5.41, 5.74) is -0.0722. The first-order valence-corrected chi connectivity index (χ1v) is 9.99. The molecular formula is C20H28FNO8. The van der Waals surface area contributed by atoms with Gasteiger partial charge in [-0.3, -0.25) is 5.32 Å². The molecule has 0 spiro atoms. The fraction of sp³-hybridized carbons (Fsp3) is 0.650. The molecule has 2 aliphatic rings. The Morgan fingerprint density at radius 1 is 1.20 bits per heavy atom. The molecule has 9 nitrogen and oxygen atoms in total. The smallest absolute Gasteiger partial charge is 0.412 e. The van der Waals surface area contributed by atoms with Crippen LogP contribution in [-0.4, -0.2) is 77.5 Å². The molecule has 1 aromatic carbocycles. The van der Waals surface area contributed by atoms with Gasteiger partial charge in [-0.1, -0.05) is 12.1 Å². The number of hydrogen-bond donors (Lipinski definition) is 4. The summed E-state index contributed by atoms with van der Waals surface area (Å²) in [5, 5.41) is 31.9. The standard InChI is InChI=1S/C20H28FNO8/c1-11-6-7-15(16(9-23)27-11)28-18-8-14(25)19(17(10-24)29-18)30-20(26)22-13-5-3-2-4-12(13)21/h2-5,11,14-19,23-25H,6-10H2,1H3,(H,22,26)/t11?,14-,15+,16-,17-,18?,19+/m1/s1. The lowest BCUT2D eigenvalue weighted by molar-refractivity contribution is -0.287. The number of hydrogen-bond acceptors (Lipinski definition) is 8. The van der Waals surface area contributed by atoms with Gasteiger partial charge >= 0.3 is 6.09 Å². The summed E-state index contributed by atoms with van der Waals surface area (Å²) in [6.45, 7) is 1.17. The van der Waals surface area contributed by atoms with Crippen molar-refractivity contribution in [3.05, 3.63) is 30.1 Å². The summed E-state index contributed by atoms with van der Waals surface area (Å²) < 4.78 is 36.1. The maximum Gasteiger partial charge on any atom is 0.412 e. The van der Waals surface area contributed by atoms with Crippen LogP contribution in [0.15, 0.2) is 24.3 Å². The molecule has 2 heterocycles. The van der Waals surface area contributed by atoms with Crippen LogP contribution in [0.3, 0.4) is 0 Å². The van der Waals surface area contributed by atoms with Crippen LogP contribution in [0, 0.1) is 5.82 Å². The largest absolute Gasteiger partial charge is 0.440 e. The molecule has 0 aromatic heterocycles. The van der Waals surface area contributed by atoms with E-state index in [2.05, 4.69) is 5.32 Å². The van der Waals surface area contributed by atoms with Gasteiger partial charge < -0.3 is 34.3 Å². The third-order valence-corrected chi connectivity index (χ3v) is 5.23. The highest BCUT2D eigenvalue weighted by Gasteiger charge is 2.43. The van der Waals surface area contributed by atoms with Gasteiger partial charge in [0.05, 0.1) is 37.2 Å². The Morgan fingerprint density at radius 2 is 1.93 bits per heavy atom. The predicted molar refractivity (Wildman–Crippen MR) is 102 cm³/mol. The number of aliphatic hydroxyl groups excluding tert-OH is 3. The number of carbonyl (C=O) groups is 1. The molecule has 30 heavy (non-hydrogen) atoms. The van der Waals surface area contributed by atoms with Crippen molar-refractivity contribution in [1.82, 2.24) is 0 Å². The highest BCUT2D eigenvalue weighted by molar-refractivity contribution is 5.84. The second-order valence-electron chi connectivity index (χ2n) is 7.48. The Labute approximate surface area is 173 Å². The van der Waals surface area contributed by atoms with Crippen molar-refractivity contribution in [2.75, 3.05) is 18.5 Å². The number of aliphatic hydroxyl groups is 3. The van der Waals surface area contributed by atoms with Crippen molar-refractivity contribution >= 4 is 11.8 Å². The van der Waals surface area contributed by atoms with Gasteiger partial charge in [-0.15, -0.1) is 0 Å². The first-order valence-electron chi connectivity index (χ1n) is 9.99. The van der Waals surface area contributed by atoms with Crippen molar-refractivity contribution in [3.63, 3.8) is 0 Å². The van der Waals surface area contributed by atoms with Gasteiger partial charge in [-0.25, -0.2) is 9.18 Å². The van der Waals surface area contributed by atoms with Crippen LogP contribution in [0.5, 0.6) is 0 Å². The van der Waals surface area contributed by atoms with Crippen LogP contribution in [-0.2, 0) is 18.9 Å². The number of halogens is 1. The summed E-state index contributed by atoms with van der Waals surface area (Å²) in [4.78, 5) is 12.1. The average Bonchev–Trinajstić information content (AvgIpc) is 2.72. The van der Waals surface area contributed by atoms with Crippen LogP contribution >= 0.6 is 0 Å². The molecule has 0 aliphatic carbocycles. The minimum atomic E-state index is -1.18. The normalized spacial score (nSPS) is 34.4. The van der Waals surface area contributed by atoms with E-state index in [0.717, 1.165) is 6.42 Å². The van der Waals surface area contributed by atoms with Gasteiger partial charge in [0, 0.05) is 6.42 Å². The SMILES string of the molecule is CC1CC[C@H](OC2C[C@@H](O)[C@H](OC(=O)Nc3ccccc3F)[C@@H](CO)O2)[C@@H](CO)O1. The van der Waals surface area contributed by atoms with Crippen molar-refractivity contribution in [1.29, 1.82) is 0 Å². The Balaban J connectivity index is 1.57. The Kier molecular flexibility index (Phi) is 7.98. The van der Waals surface area contributed by atoms with Crippen LogP contribution in [0.25, 0.3) is 0 Å². The number of benzene rings is 1. The summed E-state index contributed by atoms with van der Waals surface area (Å²) in [6, 6.07) is 5.57. The van der Waals surface area contributed by atoms with E-state index in [1.807, 2.05) is 6.92 Å². The Hall–Kier alpha value is -1.82. The van der Waals surface area contributed by atoms with E-state index in [9.17, 15) is 24.5 Å². The molecule has 168 valence electrons. The fourth-order valence-electron chi connectivity index (χ4n) is 3.67. The minimum absolute atomic E-state index is 0.01000. The first kappa shape index (κ1) is 22.9. The molecule has 2 fully saturated rings. The van der Waals surface area contributed by atoms with Crippen LogP contribution in [0.1, 0.15) is 26.2 Å². The molecule has 2 unspecified atom stereocenters. The molecule has 4 N–H and O–H groups in total. The molecule has 2 saturated heterocycles. The van der Waals surface area contributed by atoms with E-state index in [1.54, 1.807) is 6.07 Å². The van der Waals surface area contributed by atoms with Crippen molar-refractivity contribution in [3.8, 4) is 0 Å². The topological polar surface area (TPSA) is 127 Å². The zero-order chi connectivity index (χ0) is 21.7. The maximum atomic E-state index is 13.7. The molecule has 7 atom stereocenters. The van der Waals surface area contributed by atoms with Gasteiger partial charge in [-0.05, 0) is 31.9 Å². The van der Waals surface area contributed by atoms with Gasteiger partial charge in [0.25, 0.3) is 0 Å². The van der Waals surface area contributed by atoms with Gasteiger partial charge in [0.2, 0.25) is 0 Å². The lowest BCUT2D eigenvalue weighted by Gasteiger charge is -2.41. The molecule has 0 radical (unpaired) electrons. The van der Waals surface area contributed by atoms with Crippen LogP contribution in [0.2, 0.25) is 0 Å². The number of anilines is 1. The molecule has 0 bridgehead atoms. The fourth-order valence-corrected chi connectivity index (χ4v) is 3.67. The van der Waals surface area contributed by atoms with E-state index < -0.39 is 55.3 Å². The third kappa shape index (κ3) is 5.65. The number of ether oxygens (including phenoxy) is 4. The van der Waals surface area contributed by atoms with Gasteiger partial charge in [0.1, 0.15) is 18.0 Å². The lowest BCUT2D eigenvalue weighted by atomic mass is 10.00. The number of para-hydroxylation sites is 1. The van der Waals surface area contributed by atoms with Crippen LogP contribution < -0.4 is 5.32 Å². The lowest BCUT2D eigenvalue weighted by Crippen LogP contribution is -2.54. The monoisotopic (exact) mass is 429 g/mol. The second kappa shape index (κ2) is 10.5. The van der Waals surface area contributed by atoms with Crippen molar-refractivity contribution in [2.45, 2.75) is 69.1 Å². The first-order chi connectivity index (χ1) is 14.4. The number of amides is 1. The molecule has 1 amide bonds. The summed E-state index contributed by atoms with van der Waals surface area (Å²) >= 11 is 0. The number of carbonyl (C=O) groups excluding carboxylic acids is 1. The van der Waals surface area contributed by atoms with E-state index in [4.69, 9.17) is 18.9 Å². The van der Waals surface area contributed by atoms with Crippen molar-refractivity contribution in [2.24, 2.45) is 0 Å². The van der Waals surface area contributed by atoms with Gasteiger partial charge in [-0.2, -0.15) is 0 Å². The highest BCUT2D eigenvalue weighted by Crippen LogP contribution is 2.29. The van der Waals surface area contributed by atoms with Gasteiger partial charge in [0.15, 0.2) is 12.4 Å². The molecule has 2 aliphatic heterocycles. The molecule has 3 rings (SSSR count). The zero-order valence-electron chi connectivity index (χ0n) is 16.6. The van der Waals surface area contributed by atoms with E-state index >= 15 is 0 Å². The number of rotatable bonds is 6. The van der Waals surface area contributed by atoms with E-state index in [-0.39, 0.29) is 24.8 Å². The third-order valence-electron chi connectivity index (χ3n) is 5.23. The highest BCUT2D eigenvalue weighted by atomic mass is 19.1. The van der Waals surface area contributed by atoms with E-state index in [1.165, 1.54) is 18.2 Å². The average molecular weight is 429 g/mol. The quantitative estimate of drug-likeness (QED) is 0.531. The summed E-state index contributed by atoms with van der Waals surface area (Å²) in [6.07, 6.45) is -4.79. The molecule has 1 aromatic rings. The van der Waals surface area contributed by atoms with Crippen LogP contribution in [0.4, 0.5) is 14.9 Å². The zero-order valence-corrected chi connectivity index (χ0v) is 16.6.